The number of carbonyl (C=O) groups is 1. The van der Waals surface area contributed by atoms with Gasteiger partial charge in [0, 0.05) is 29.4 Å². The number of Topliss-reactive ketones (excluding diaryl/α,β-unsaturated/α-hetero) is 1. The van der Waals surface area contributed by atoms with Crippen molar-refractivity contribution < 1.29 is 9.53 Å². The highest BCUT2D eigenvalue weighted by molar-refractivity contribution is 6.14. The molecule has 0 bridgehead atoms. The van der Waals surface area contributed by atoms with Crippen LogP contribution < -0.4 is 4.74 Å². The van der Waals surface area contributed by atoms with Crippen LogP contribution in [0.5, 0.6) is 5.75 Å². The van der Waals surface area contributed by atoms with Crippen LogP contribution in [0.2, 0.25) is 0 Å². The number of methoxy groups -OCH3 is 1. The van der Waals surface area contributed by atoms with Gasteiger partial charge in [-0.25, -0.2) is 0 Å². The maximum absolute atomic E-state index is 11.6. The summed E-state index contributed by atoms with van der Waals surface area (Å²) in [7, 11) is 1.64. The molecule has 0 unspecified atom stereocenters. The molecule has 1 aromatic carbocycles. The smallest absolute Gasteiger partial charge is 0.180 e. The van der Waals surface area contributed by atoms with Gasteiger partial charge in [-0.1, -0.05) is 0 Å². The maximum atomic E-state index is 11.6. The predicted octanol–water partition coefficient (Wildman–Crippen LogP) is 2.93. The third kappa shape index (κ3) is 1.46. The van der Waals surface area contributed by atoms with Gasteiger partial charge in [0.2, 0.25) is 0 Å². The quantitative estimate of drug-likeness (QED) is 0.701. The second-order valence-electron chi connectivity index (χ2n) is 4.17. The molecule has 0 spiro atoms. The van der Waals surface area contributed by atoms with E-state index in [1.54, 1.807) is 13.3 Å². The summed E-state index contributed by atoms with van der Waals surface area (Å²) in [6.45, 7) is 1.52. The van der Waals surface area contributed by atoms with Gasteiger partial charge in [0.25, 0.3) is 0 Å². The molecule has 0 fully saturated rings. The molecule has 0 aliphatic carbocycles. The summed E-state index contributed by atoms with van der Waals surface area (Å²) in [5, 5.41) is 2.03. The normalized spacial score (nSPS) is 11.0. The van der Waals surface area contributed by atoms with Crippen molar-refractivity contribution in [2.45, 2.75) is 6.92 Å². The van der Waals surface area contributed by atoms with E-state index >= 15 is 0 Å². The Balaban J connectivity index is 2.43. The summed E-state index contributed by atoms with van der Waals surface area (Å²) >= 11 is 0. The van der Waals surface area contributed by atoms with Crippen molar-refractivity contribution in [3.63, 3.8) is 0 Å². The molecule has 2 aromatic heterocycles. The van der Waals surface area contributed by atoms with Crippen molar-refractivity contribution in [3.8, 4) is 5.75 Å². The lowest BCUT2D eigenvalue weighted by molar-refractivity contribution is 0.101. The maximum Gasteiger partial charge on any atom is 0.180 e. The Bertz CT molecular complexity index is 759. The first kappa shape index (κ1) is 10.8. The lowest BCUT2D eigenvalue weighted by Gasteiger charge is -1.98. The van der Waals surface area contributed by atoms with Crippen molar-refractivity contribution >= 4 is 27.6 Å². The number of ketones is 1. The highest BCUT2D eigenvalue weighted by atomic mass is 16.5. The number of nitrogens with one attached hydrogen (secondary N) is 1. The molecule has 3 rings (SSSR count). The molecule has 3 aromatic rings. The largest absolute Gasteiger partial charge is 0.497 e. The number of H-pyrrole nitrogens is 1. The summed E-state index contributed by atoms with van der Waals surface area (Å²) in [5.41, 5.74) is 2.23. The van der Waals surface area contributed by atoms with E-state index in [1.165, 1.54) is 6.92 Å². The van der Waals surface area contributed by atoms with E-state index in [4.69, 9.17) is 4.74 Å². The van der Waals surface area contributed by atoms with Gasteiger partial charge in [-0.05, 0) is 24.3 Å². The number of benzene rings is 1. The van der Waals surface area contributed by atoms with E-state index in [0.717, 1.165) is 27.6 Å². The minimum Gasteiger partial charge on any atom is -0.497 e. The van der Waals surface area contributed by atoms with Gasteiger partial charge in [0.15, 0.2) is 5.78 Å². The molecular formula is C14H12N2O2. The molecule has 18 heavy (non-hydrogen) atoms. The second kappa shape index (κ2) is 3.84. The number of carbonyl (C=O) groups excluding carboxylic acids is 1. The first-order valence-electron chi connectivity index (χ1n) is 5.66. The van der Waals surface area contributed by atoms with E-state index in [0.29, 0.717) is 5.69 Å². The van der Waals surface area contributed by atoms with Gasteiger partial charge in [-0.3, -0.25) is 9.78 Å². The minimum atomic E-state index is -0.0425. The summed E-state index contributed by atoms with van der Waals surface area (Å²) in [5.74, 6) is 0.753. The van der Waals surface area contributed by atoms with Crippen molar-refractivity contribution in [1.82, 2.24) is 9.97 Å². The average molecular weight is 240 g/mol. The van der Waals surface area contributed by atoms with E-state index in [-0.39, 0.29) is 5.78 Å². The molecule has 0 amide bonds. The standard InChI is InChI=1S/C14H12N2O2/c1-8(17)13-14-10(5-6-15-13)11-7-9(18-2)3-4-12(11)16-14/h3-7,16H,1-2H3. The van der Waals surface area contributed by atoms with Crippen molar-refractivity contribution in [2.24, 2.45) is 0 Å². The fourth-order valence-electron chi connectivity index (χ4n) is 2.20. The van der Waals surface area contributed by atoms with Crippen LogP contribution in [0.4, 0.5) is 0 Å². The van der Waals surface area contributed by atoms with E-state index < -0.39 is 0 Å². The first-order chi connectivity index (χ1) is 8.70. The third-order valence-electron chi connectivity index (χ3n) is 3.06. The van der Waals surface area contributed by atoms with Gasteiger partial charge in [0.05, 0.1) is 12.6 Å². The molecule has 2 heterocycles. The summed E-state index contributed by atoms with van der Waals surface area (Å²) < 4.78 is 5.22. The monoisotopic (exact) mass is 240 g/mol. The third-order valence-corrected chi connectivity index (χ3v) is 3.06. The Kier molecular flexibility index (Phi) is 2.30. The molecule has 0 radical (unpaired) electrons. The molecule has 4 heteroatoms. The van der Waals surface area contributed by atoms with Crippen LogP contribution in [-0.2, 0) is 0 Å². The molecule has 0 saturated heterocycles. The number of hydrogen-bond acceptors (Lipinski definition) is 3. The van der Waals surface area contributed by atoms with Crippen LogP contribution in [0.1, 0.15) is 17.4 Å². The van der Waals surface area contributed by atoms with E-state index in [2.05, 4.69) is 9.97 Å². The Morgan fingerprint density at radius 3 is 2.83 bits per heavy atom. The van der Waals surface area contributed by atoms with Gasteiger partial charge in [-0.2, -0.15) is 0 Å². The molecular weight excluding hydrogens is 228 g/mol. The number of ether oxygens (including phenoxy) is 1. The van der Waals surface area contributed by atoms with Gasteiger partial charge < -0.3 is 9.72 Å². The number of nitrogens with zero attached hydrogens (tertiary/aromatic N) is 1. The number of pyridine rings is 1. The van der Waals surface area contributed by atoms with Crippen molar-refractivity contribution in [1.29, 1.82) is 0 Å². The summed E-state index contributed by atoms with van der Waals surface area (Å²) in [4.78, 5) is 18.9. The van der Waals surface area contributed by atoms with Gasteiger partial charge in [-0.15, -0.1) is 0 Å². The minimum absolute atomic E-state index is 0.0425. The fourth-order valence-corrected chi connectivity index (χ4v) is 2.20. The first-order valence-corrected chi connectivity index (χ1v) is 5.66. The molecule has 1 N–H and O–H groups in total. The highest BCUT2D eigenvalue weighted by Crippen LogP contribution is 2.29. The molecule has 0 aliphatic rings. The van der Waals surface area contributed by atoms with Crippen LogP contribution in [0.3, 0.4) is 0 Å². The summed E-state index contributed by atoms with van der Waals surface area (Å²) in [6.07, 6.45) is 1.66. The topological polar surface area (TPSA) is 55.0 Å². The SMILES string of the molecule is COc1ccc2[nH]c3c(C(C)=O)nccc3c2c1. The Morgan fingerprint density at radius 1 is 1.28 bits per heavy atom. The molecule has 0 atom stereocenters. The predicted molar refractivity (Wildman–Crippen MR) is 70.2 cm³/mol. The van der Waals surface area contributed by atoms with Crippen molar-refractivity contribution in [2.75, 3.05) is 7.11 Å². The molecule has 90 valence electrons. The number of rotatable bonds is 2. The zero-order chi connectivity index (χ0) is 12.7. The Labute approximate surface area is 104 Å². The number of aromatic nitrogens is 2. The van der Waals surface area contributed by atoms with Crippen molar-refractivity contribution in [3.05, 3.63) is 36.2 Å². The van der Waals surface area contributed by atoms with E-state index in [9.17, 15) is 4.79 Å². The zero-order valence-corrected chi connectivity index (χ0v) is 10.2. The molecule has 0 aliphatic heterocycles. The highest BCUT2D eigenvalue weighted by Gasteiger charge is 2.12. The number of fused-ring (bicyclic) bond motifs is 3. The number of aromatic amines is 1. The fraction of sp³-hybridized carbons (Fsp3) is 0.143. The number of hydrogen-bond donors (Lipinski definition) is 1. The lowest BCUT2D eigenvalue weighted by Crippen LogP contribution is -1.96. The molecule has 0 saturated carbocycles. The second-order valence-corrected chi connectivity index (χ2v) is 4.17. The average Bonchev–Trinajstić information content (AvgIpc) is 2.75. The lowest BCUT2D eigenvalue weighted by atomic mass is 10.1. The van der Waals surface area contributed by atoms with Crippen LogP contribution in [0.15, 0.2) is 30.5 Å². The van der Waals surface area contributed by atoms with Crippen LogP contribution in [0, 0.1) is 0 Å². The Hall–Kier alpha value is -2.36. The van der Waals surface area contributed by atoms with Crippen LogP contribution >= 0.6 is 0 Å². The van der Waals surface area contributed by atoms with Crippen LogP contribution in [-0.4, -0.2) is 22.9 Å². The summed E-state index contributed by atoms with van der Waals surface area (Å²) in [6, 6.07) is 7.69. The zero-order valence-electron chi connectivity index (χ0n) is 10.2. The van der Waals surface area contributed by atoms with E-state index in [1.807, 2.05) is 24.3 Å². The molecule has 4 nitrogen and oxygen atoms in total. The van der Waals surface area contributed by atoms with Gasteiger partial charge >= 0.3 is 0 Å². The Morgan fingerprint density at radius 2 is 2.11 bits per heavy atom. The van der Waals surface area contributed by atoms with Gasteiger partial charge in [0.1, 0.15) is 11.4 Å². The van der Waals surface area contributed by atoms with Crippen LogP contribution in [0.25, 0.3) is 21.8 Å².